The minimum atomic E-state index is -0.598. The average Bonchev–Trinajstić information content (AvgIpc) is 3.03. The van der Waals surface area contributed by atoms with E-state index >= 15 is 0 Å². The number of fused-ring (bicyclic) bond motifs is 2. The molecule has 0 N–H and O–H groups in total. The summed E-state index contributed by atoms with van der Waals surface area (Å²) >= 11 is 0. The zero-order chi connectivity index (χ0) is 21.9. The fourth-order valence-electron chi connectivity index (χ4n) is 4.19. The van der Waals surface area contributed by atoms with E-state index in [4.69, 9.17) is 4.42 Å². The molecule has 0 saturated carbocycles. The largest absolute Gasteiger partial charge is 0.450 e. The van der Waals surface area contributed by atoms with Gasteiger partial charge in [-0.3, -0.25) is 14.5 Å². The number of nitrogens with zero attached hydrogens (tertiary/aromatic N) is 2. The van der Waals surface area contributed by atoms with Crippen molar-refractivity contribution >= 4 is 22.7 Å². The predicted octanol–water partition coefficient (Wildman–Crippen LogP) is 5.17. The molecule has 5 heteroatoms. The zero-order valence-corrected chi connectivity index (χ0v) is 17.9. The molecule has 31 heavy (non-hydrogen) atoms. The van der Waals surface area contributed by atoms with Crippen LogP contribution in [-0.2, 0) is 0 Å². The molecule has 1 unspecified atom stereocenters. The first-order valence-corrected chi connectivity index (χ1v) is 10.3. The van der Waals surface area contributed by atoms with Crippen LogP contribution < -0.4 is 10.3 Å². The van der Waals surface area contributed by atoms with Gasteiger partial charge < -0.3 is 4.42 Å². The second-order valence-corrected chi connectivity index (χ2v) is 8.23. The zero-order valence-electron chi connectivity index (χ0n) is 17.9. The molecule has 1 aliphatic rings. The van der Waals surface area contributed by atoms with Crippen LogP contribution in [0.15, 0.2) is 63.8 Å². The summed E-state index contributed by atoms with van der Waals surface area (Å²) in [4.78, 5) is 33.4. The second kappa shape index (κ2) is 6.91. The van der Waals surface area contributed by atoms with Crippen LogP contribution in [-0.4, -0.2) is 10.9 Å². The molecule has 0 saturated heterocycles. The molecule has 0 radical (unpaired) electrons. The van der Waals surface area contributed by atoms with Crippen LogP contribution in [0.3, 0.4) is 0 Å². The predicted molar refractivity (Wildman–Crippen MR) is 121 cm³/mol. The van der Waals surface area contributed by atoms with E-state index in [1.54, 1.807) is 11.0 Å². The highest BCUT2D eigenvalue weighted by atomic mass is 16.3. The Morgan fingerprint density at radius 2 is 1.61 bits per heavy atom. The van der Waals surface area contributed by atoms with Crippen molar-refractivity contribution in [1.29, 1.82) is 0 Å². The fourth-order valence-corrected chi connectivity index (χ4v) is 4.19. The van der Waals surface area contributed by atoms with Crippen LogP contribution >= 0.6 is 0 Å². The molecule has 1 amide bonds. The minimum Gasteiger partial charge on any atom is -0.450 e. The van der Waals surface area contributed by atoms with Crippen LogP contribution in [0.2, 0.25) is 0 Å². The first kappa shape index (κ1) is 19.2. The van der Waals surface area contributed by atoms with Gasteiger partial charge in [-0.25, -0.2) is 4.98 Å². The Labute approximate surface area is 180 Å². The molecule has 2 aromatic heterocycles. The summed E-state index contributed by atoms with van der Waals surface area (Å²) in [6.45, 7) is 7.81. The van der Waals surface area contributed by atoms with Gasteiger partial charge in [-0.1, -0.05) is 35.9 Å². The average molecular weight is 410 g/mol. The SMILES string of the molecule is Cc1ccc(C2c3c(oc4cc(C)c(C)cc4c3=O)C(=O)N2c2cccc(C)n2)cc1. The number of aryl methyl sites for hydroxylation is 4. The van der Waals surface area contributed by atoms with Crippen molar-refractivity contribution in [3.63, 3.8) is 0 Å². The number of amides is 1. The van der Waals surface area contributed by atoms with Gasteiger partial charge in [-0.15, -0.1) is 0 Å². The Morgan fingerprint density at radius 1 is 0.903 bits per heavy atom. The van der Waals surface area contributed by atoms with Gasteiger partial charge in [0.1, 0.15) is 11.4 Å². The number of hydrogen-bond acceptors (Lipinski definition) is 4. The Kier molecular flexibility index (Phi) is 4.29. The summed E-state index contributed by atoms with van der Waals surface area (Å²) in [6.07, 6.45) is 0. The minimum absolute atomic E-state index is 0.0923. The number of benzene rings is 2. The normalized spacial score (nSPS) is 15.5. The molecule has 0 aliphatic carbocycles. The molecule has 1 atom stereocenters. The first-order chi connectivity index (χ1) is 14.8. The highest BCUT2D eigenvalue weighted by Gasteiger charge is 2.44. The van der Waals surface area contributed by atoms with E-state index in [1.165, 1.54) is 0 Å². The third-order valence-corrected chi connectivity index (χ3v) is 6.00. The van der Waals surface area contributed by atoms with E-state index in [0.29, 0.717) is 22.4 Å². The van der Waals surface area contributed by atoms with Gasteiger partial charge in [0.25, 0.3) is 5.91 Å². The Bertz CT molecular complexity index is 1420. The molecule has 0 fully saturated rings. The smallest absolute Gasteiger partial charge is 0.296 e. The fraction of sp³-hybridized carbons (Fsp3) is 0.192. The molecule has 5 nitrogen and oxygen atoms in total. The van der Waals surface area contributed by atoms with E-state index < -0.39 is 6.04 Å². The van der Waals surface area contributed by atoms with E-state index in [0.717, 1.165) is 27.9 Å². The maximum Gasteiger partial charge on any atom is 0.296 e. The lowest BCUT2D eigenvalue weighted by Gasteiger charge is -2.24. The molecule has 154 valence electrons. The summed E-state index contributed by atoms with van der Waals surface area (Å²) in [6, 6.07) is 16.5. The Morgan fingerprint density at radius 3 is 2.32 bits per heavy atom. The molecule has 0 bridgehead atoms. The molecular weight excluding hydrogens is 388 g/mol. The van der Waals surface area contributed by atoms with Crippen LogP contribution in [0.5, 0.6) is 0 Å². The van der Waals surface area contributed by atoms with E-state index in [2.05, 4.69) is 4.98 Å². The monoisotopic (exact) mass is 410 g/mol. The molecular formula is C26H22N2O3. The second-order valence-electron chi connectivity index (χ2n) is 8.23. The van der Waals surface area contributed by atoms with Crippen LogP contribution in [0.4, 0.5) is 5.82 Å². The molecule has 0 spiro atoms. The Hall–Kier alpha value is -3.73. The molecule has 3 heterocycles. The number of carbonyl (C=O) groups excluding carboxylic acids is 1. The standard InChI is InChI=1S/C26H22N2O3/c1-14-8-10-18(11-9-14)23-22-24(29)19-12-15(2)16(3)13-20(19)31-25(22)26(30)28(23)21-7-5-6-17(4)27-21/h5-13,23H,1-4H3. The van der Waals surface area contributed by atoms with Crippen molar-refractivity contribution in [2.24, 2.45) is 0 Å². The number of pyridine rings is 1. The number of aromatic nitrogens is 1. The van der Waals surface area contributed by atoms with Crippen LogP contribution in [0, 0.1) is 27.7 Å². The summed E-state index contributed by atoms with van der Waals surface area (Å²) in [5, 5.41) is 0.491. The third kappa shape index (κ3) is 2.96. The van der Waals surface area contributed by atoms with Gasteiger partial charge in [0.15, 0.2) is 5.43 Å². The number of hydrogen-bond donors (Lipinski definition) is 0. The third-order valence-electron chi connectivity index (χ3n) is 6.00. The summed E-state index contributed by atoms with van der Waals surface area (Å²) in [7, 11) is 0. The summed E-state index contributed by atoms with van der Waals surface area (Å²) in [5.74, 6) is 0.239. The number of anilines is 1. The topological polar surface area (TPSA) is 63.4 Å². The number of rotatable bonds is 2. The highest BCUT2D eigenvalue weighted by molar-refractivity contribution is 6.10. The molecule has 2 aromatic carbocycles. The van der Waals surface area contributed by atoms with Gasteiger partial charge in [0.05, 0.1) is 17.0 Å². The van der Waals surface area contributed by atoms with Crippen molar-refractivity contribution in [3.8, 4) is 0 Å². The molecule has 5 rings (SSSR count). The lowest BCUT2D eigenvalue weighted by atomic mass is 9.97. The van der Waals surface area contributed by atoms with E-state index in [1.807, 2.05) is 76.2 Å². The van der Waals surface area contributed by atoms with Crippen molar-refractivity contribution in [2.45, 2.75) is 33.7 Å². The van der Waals surface area contributed by atoms with Crippen molar-refractivity contribution in [1.82, 2.24) is 4.98 Å². The van der Waals surface area contributed by atoms with E-state index in [9.17, 15) is 9.59 Å². The van der Waals surface area contributed by atoms with Crippen molar-refractivity contribution < 1.29 is 9.21 Å². The van der Waals surface area contributed by atoms with Gasteiger partial charge in [0, 0.05) is 5.69 Å². The Balaban J connectivity index is 1.83. The lowest BCUT2D eigenvalue weighted by Crippen LogP contribution is -2.30. The van der Waals surface area contributed by atoms with Gasteiger partial charge in [0.2, 0.25) is 5.76 Å². The molecule has 4 aromatic rings. The maximum atomic E-state index is 13.7. The summed E-state index contributed by atoms with van der Waals surface area (Å²) < 4.78 is 6.07. The van der Waals surface area contributed by atoms with Gasteiger partial charge >= 0.3 is 0 Å². The van der Waals surface area contributed by atoms with E-state index in [-0.39, 0.29) is 17.1 Å². The maximum absolute atomic E-state index is 13.7. The molecule has 1 aliphatic heterocycles. The van der Waals surface area contributed by atoms with Crippen LogP contribution in [0.1, 0.15) is 50.1 Å². The summed E-state index contributed by atoms with van der Waals surface area (Å²) in [5.41, 5.74) is 5.38. The highest BCUT2D eigenvalue weighted by Crippen LogP contribution is 2.40. The van der Waals surface area contributed by atoms with Crippen LogP contribution in [0.25, 0.3) is 11.0 Å². The number of carbonyl (C=O) groups is 1. The van der Waals surface area contributed by atoms with Crippen molar-refractivity contribution in [3.05, 3.63) is 104 Å². The quantitative estimate of drug-likeness (QED) is 0.457. The van der Waals surface area contributed by atoms with Gasteiger partial charge in [-0.05, 0) is 68.7 Å². The van der Waals surface area contributed by atoms with Crippen molar-refractivity contribution in [2.75, 3.05) is 4.90 Å². The lowest BCUT2D eigenvalue weighted by molar-refractivity contribution is 0.0970. The van der Waals surface area contributed by atoms with Gasteiger partial charge in [-0.2, -0.15) is 0 Å². The first-order valence-electron chi connectivity index (χ1n) is 10.3.